The molecule has 3 heterocycles. The summed E-state index contributed by atoms with van der Waals surface area (Å²) in [6, 6.07) is 0. The fourth-order valence-corrected chi connectivity index (χ4v) is 4.18. The number of rotatable bonds is 2. The van der Waals surface area contributed by atoms with Crippen LogP contribution in [-0.2, 0) is 9.53 Å². The van der Waals surface area contributed by atoms with Crippen LogP contribution in [0, 0.1) is 5.41 Å². The SMILES string of the molecule is CN1CCCN(CC(=O)N2CCCC3(CCOCC3)C2)CC1. The number of carbonyl (C=O) groups is 1. The van der Waals surface area contributed by atoms with Crippen molar-refractivity contribution in [2.24, 2.45) is 5.41 Å². The fraction of sp³-hybridized carbons (Fsp3) is 0.941. The molecule has 1 amide bonds. The standard InChI is InChI=1S/C17H31N3O2/c1-18-7-3-8-19(11-10-18)14-16(21)20-9-2-4-17(15-20)5-12-22-13-6-17/h2-15H2,1H3. The predicted octanol–water partition coefficient (Wildman–Crippen LogP) is 1.04. The smallest absolute Gasteiger partial charge is 0.236 e. The molecule has 0 aromatic heterocycles. The van der Waals surface area contributed by atoms with Gasteiger partial charge in [-0.1, -0.05) is 0 Å². The van der Waals surface area contributed by atoms with E-state index in [1.807, 2.05) is 0 Å². The number of amides is 1. The van der Waals surface area contributed by atoms with E-state index in [-0.39, 0.29) is 0 Å². The molecule has 5 heteroatoms. The highest BCUT2D eigenvalue weighted by atomic mass is 16.5. The van der Waals surface area contributed by atoms with Crippen molar-refractivity contribution >= 4 is 5.91 Å². The average molecular weight is 309 g/mol. The highest BCUT2D eigenvalue weighted by Gasteiger charge is 2.38. The summed E-state index contributed by atoms with van der Waals surface area (Å²) in [4.78, 5) is 19.6. The van der Waals surface area contributed by atoms with E-state index in [0.717, 1.165) is 71.7 Å². The second-order valence-corrected chi connectivity index (χ2v) is 7.46. The molecule has 0 aromatic rings. The monoisotopic (exact) mass is 309 g/mol. The minimum Gasteiger partial charge on any atom is -0.381 e. The molecule has 0 atom stereocenters. The van der Waals surface area contributed by atoms with E-state index in [0.29, 0.717) is 17.9 Å². The molecular formula is C17H31N3O2. The molecule has 3 rings (SSSR count). The molecule has 0 radical (unpaired) electrons. The Hall–Kier alpha value is -0.650. The first-order chi connectivity index (χ1) is 10.7. The topological polar surface area (TPSA) is 36.0 Å². The summed E-state index contributed by atoms with van der Waals surface area (Å²) in [5, 5.41) is 0. The van der Waals surface area contributed by atoms with E-state index >= 15 is 0 Å². The van der Waals surface area contributed by atoms with Crippen LogP contribution in [0.4, 0.5) is 0 Å². The molecule has 0 saturated carbocycles. The van der Waals surface area contributed by atoms with Crippen LogP contribution in [0.3, 0.4) is 0 Å². The van der Waals surface area contributed by atoms with Crippen molar-refractivity contribution < 1.29 is 9.53 Å². The molecule has 0 bridgehead atoms. The van der Waals surface area contributed by atoms with Gasteiger partial charge < -0.3 is 14.5 Å². The van der Waals surface area contributed by atoms with Gasteiger partial charge in [0.1, 0.15) is 0 Å². The number of ether oxygens (including phenoxy) is 1. The molecule has 3 saturated heterocycles. The number of hydrogen-bond donors (Lipinski definition) is 0. The van der Waals surface area contributed by atoms with Crippen molar-refractivity contribution in [2.75, 3.05) is 66.1 Å². The Bertz CT molecular complexity index is 377. The van der Waals surface area contributed by atoms with Crippen LogP contribution in [0.5, 0.6) is 0 Å². The molecule has 1 spiro atoms. The highest BCUT2D eigenvalue weighted by Crippen LogP contribution is 2.39. The Morgan fingerprint density at radius 3 is 2.64 bits per heavy atom. The van der Waals surface area contributed by atoms with Gasteiger partial charge in [-0.05, 0) is 57.7 Å². The zero-order chi connectivity index (χ0) is 15.4. The minimum absolute atomic E-state index is 0.343. The Morgan fingerprint density at radius 2 is 1.82 bits per heavy atom. The number of likely N-dealkylation sites (tertiary alicyclic amines) is 1. The lowest BCUT2D eigenvalue weighted by Crippen LogP contribution is -2.51. The zero-order valence-corrected chi connectivity index (χ0v) is 14.1. The van der Waals surface area contributed by atoms with E-state index < -0.39 is 0 Å². The maximum absolute atomic E-state index is 12.7. The summed E-state index contributed by atoms with van der Waals surface area (Å²) in [6.07, 6.45) is 5.87. The van der Waals surface area contributed by atoms with Crippen molar-refractivity contribution in [3.05, 3.63) is 0 Å². The fourth-order valence-electron chi connectivity index (χ4n) is 4.18. The van der Waals surface area contributed by atoms with Crippen LogP contribution < -0.4 is 0 Å². The maximum Gasteiger partial charge on any atom is 0.236 e. The molecule has 22 heavy (non-hydrogen) atoms. The normalized spacial score (nSPS) is 27.8. The maximum atomic E-state index is 12.7. The minimum atomic E-state index is 0.343. The van der Waals surface area contributed by atoms with Gasteiger partial charge in [0.2, 0.25) is 5.91 Å². The summed E-state index contributed by atoms with van der Waals surface area (Å²) < 4.78 is 5.52. The van der Waals surface area contributed by atoms with E-state index in [4.69, 9.17) is 4.74 Å². The van der Waals surface area contributed by atoms with Gasteiger partial charge in [-0.25, -0.2) is 0 Å². The predicted molar refractivity (Wildman–Crippen MR) is 86.9 cm³/mol. The van der Waals surface area contributed by atoms with Crippen molar-refractivity contribution in [1.29, 1.82) is 0 Å². The van der Waals surface area contributed by atoms with Crippen LogP contribution in [-0.4, -0.2) is 86.7 Å². The Morgan fingerprint density at radius 1 is 1.00 bits per heavy atom. The summed E-state index contributed by atoms with van der Waals surface area (Å²) in [5.41, 5.74) is 0.352. The number of nitrogens with zero attached hydrogens (tertiary/aromatic N) is 3. The van der Waals surface area contributed by atoms with Gasteiger partial charge >= 0.3 is 0 Å². The third-order valence-electron chi connectivity index (χ3n) is 5.74. The third-order valence-corrected chi connectivity index (χ3v) is 5.74. The Kier molecular flexibility index (Phi) is 5.37. The summed E-state index contributed by atoms with van der Waals surface area (Å²) in [7, 11) is 2.17. The molecular weight excluding hydrogens is 278 g/mol. The van der Waals surface area contributed by atoms with Gasteiger partial charge in [0.05, 0.1) is 6.54 Å². The third kappa shape index (κ3) is 4.00. The highest BCUT2D eigenvalue weighted by molar-refractivity contribution is 5.78. The Balaban J connectivity index is 1.53. The van der Waals surface area contributed by atoms with Crippen molar-refractivity contribution in [3.8, 4) is 0 Å². The average Bonchev–Trinajstić information content (AvgIpc) is 2.73. The second kappa shape index (κ2) is 7.28. The van der Waals surface area contributed by atoms with Crippen LogP contribution in [0.25, 0.3) is 0 Å². The number of likely N-dealkylation sites (N-methyl/N-ethyl adjacent to an activating group) is 1. The first kappa shape index (κ1) is 16.2. The first-order valence-electron chi connectivity index (χ1n) is 8.93. The molecule has 0 N–H and O–H groups in total. The number of carbonyl (C=O) groups excluding carboxylic acids is 1. The second-order valence-electron chi connectivity index (χ2n) is 7.46. The first-order valence-corrected chi connectivity index (χ1v) is 8.93. The van der Waals surface area contributed by atoms with Crippen molar-refractivity contribution in [1.82, 2.24) is 14.7 Å². The molecule has 0 aromatic carbocycles. The van der Waals surface area contributed by atoms with Gasteiger partial charge in [-0.2, -0.15) is 0 Å². The number of piperidine rings is 1. The van der Waals surface area contributed by atoms with Gasteiger partial charge in [-0.3, -0.25) is 9.69 Å². The molecule has 3 aliphatic rings. The summed E-state index contributed by atoms with van der Waals surface area (Å²) in [5.74, 6) is 0.343. The van der Waals surface area contributed by atoms with Gasteiger partial charge in [0.25, 0.3) is 0 Å². The van der Waals surface area contributed by atoms with Crippen molar-refractivity contribution in [2.45, 2.75) is 32.1 Å². The molecule has 0 aliphatic carbocycles. The lowest BCUT2D eigenvalue weighted by Gasteiger charge is -2.45. The summed E-state index contributed by atoms with van der Waals surface area (Å²) in [6.45, 7) is 8.59. The molecule has 3 fully saturated rings. The molecule has 3 aliphatic heterocycles. The van der Waals surface area contributed by atoms with E-state index in [2.05, 4.69) is 21.7 Å². The van der Waals surface area contributed by atoms with Gasteiger partial charge in [0, 0.05) is 39.4 Å². The lowest BCUT2D eigenvalue weighted by atomic mass is 9.74. The molecule has 5 nitrogen and oxygen atoms in total. The summed E-state index contributed by atoms with van der Waals surface area (Å²) >= 11 is 0. The number of hydrogen-bond acceptors (Lipinski definition) is 4. The van der Waals surface area contributed by atoms with E-state index in [9.17, 15) is 4.79 Å². The Labute approximate surface area is 134 Å². The van der Waals surface area contributed by atoms with Crippen LogP contribution >= 0.6 is 0 Å². The van der Waals surface area contributed by atoms with Crippen LogP contribution in [0.1, 0.15) is 32.1 Å². The zero-order valence-electron chi connectivity index (χ0n) is 14.1. The van der Waals surface area contributed by atoms with E-state index in [1.165, 1.54) is 12.8 Å². The van der Waals surface area contributed by atoms with Gasteiger partial charge in [-0.15, -0.1) is 0 Å². The largest absolute Gasteiger partial charge is 0.381 e. The molecule has 126 valence electrons. The van der Waals surface area contributed by atoms with Crippen molar-refractivity contribution in [3.63, 3.8) is 0 Å². The molecule has 0 unspecified atom stereocenters. The quantitative estimate of drug-likeness (QED) is 0.764. The van der Waals surface area contributed by atoms with E-state index in [1.54, 1.807) is 0 Å². The van der Waals surface area contributed by atoms with Crippen LogP contribution in [0.2, 0.25) is 0 Å². The van der Waals surface area contributed by atoms with Crippen LogP contribution in [0.15, 0.2) is 0 Å². The van der Waals surface area contributed by atoms with Gasteiger partial charge in [0.15, 0.2) is 0 Å². The lowest BCUT2D eigenvalue weighted by molar-refractivity contribution is -0.138.